The molecule has 0 unspecified atom stereocenters. The number of halogens is 2. The SMILES string of the molecule is CN1Cc2ccc(Nc3ncc4cc(C(F)F)cc(N5CCC6(CN(C)C6)C5)c4n3)cc2C1. The van der Waals surface area contributed by atoms with Crippen LogP contribution >= 0.6 is 0 Å². The second kappa shape index (κ2) is 7.60. The first-order valence-corrected chi connectivity index (χ1v) is 11.5. The van der Waals surface area contributed by atoms with E-state index in [1.165, 1.54) is 17.2 Å². The van der Waals surface area contributed by atoms with Gasteiger partial charge < -0.3 is 15.1 Å². The maximum atomic E-state index is 13.7. The third kappa shape index (κ3) is 3.71. The van der Waals surface area contributed by atoms with E-state index >= 15 is 0 Å². The highest BCUT2D eigenvalue weighted by Crippen LogP contribution is 2.42. The molecule has 1 N–H and O–H groups in total. The smallest absolute Gasteiger partial charge is 0.263 e. The summed E-state index contributed by atoms with van der Waals surface area (Å²) in [6, 6.07) is 9.47. The molecule has 1 aromatic heterocycles. The molecule has 0 aliphatic carbocycles. The molecule has 2 aromatic carbocycles. The molecular weight excluding hydrogens is 422 g/mol. The van der Waals surface area contributed by atoms with Gasteiger partial charge >= 0.3 is 0 Å². The second-order valence-corrected chi connectivity index (χ2v) is 10.1. The lowest BCUT2D eigenvalue weighted by atomic mass is 9.79. The lowest BCUT2D eigenvalue weighted by Crippen LogP contribution is -2.55. The summed E-state index contributed by atoms with van der Waals surface area (Å²) in [6.45, 7) is 5.75. The number of hydrogen-bond donors (Lipinski definition) is 1. The van der Waals surface area contributed by atoms with E-state index in [-0.39, 0.29) is 11.0 Å². The Morgan fingerprint density at radius 2 is 1.82 bits per heavy atom. The van der Waals surface area contributed by atoms with Crippen molar-refractivity contribution < 1.29 is 8.78 Å². The fourth-order valence-corrected chi connectivity index (χ4v) is 5.85. The summed E-state index contributed by atoms with van der Waals surface area (Å²) in [6.07, 6.45) is 0.212. The quantitative estimate of drug-likeness (QED) is 0.636. The first-order chi connectivity index (χ1) is 15.9. The van der Waals surface area contributed by atoms with Gasteiger partial charge in [0.05, 0.1) is 11.2 Å². The lowest BCUT2D eigenvalue weighted by molar-refractivity contribution is 0.0424. The van der Waals surface area contributed by atoms with Crippen LogP contribution in [0.1, 0.15) is 29.5 Å². The molecule has 2 saturated heterocycles. The minimum Gasteiger partial charge on any atom is -0.369 e. The standard InChI is InChI=1S/C25H28F2N6/c1-31-11-16-3-4-20(8-19(16)12-31)29-24-28-10-18-7-17(23(26)27)9-21(22(18)30-24)33-6-5-25(15-33)13-32(2)14-25/h3-4,7-10,23H,5-6,11-15H2,1-2H3,(H,28,29,30). The molecule has 1 spiro atoms. The molecule has 0 bridgehead atoms. The number of likely N-dealkylation sites (tertiary alicyclic amines) is 1. The van der Waals surface area contributed by atoms with E-state index in [2.05, 4.69) is 51.2 Å². The zero-order valence-corrected chi connectivity index (χ0v) is 19.0. The second-order valence-electron chi connectivity index (χ2n) is 10.1. The van der Waals surface area contributed by atoms with Gasteiger partial charge in [-0.25, -0.2) is 18.7 Å². The Morgan fingerprint density at radius 3 is 2.61 bits per heavy atom. The Balaban J connectivity index is 1.34. The lowest BCUT2D eigenvalue weighted by Gasteiger charge is -2.46. The summed E-state index contributed by atoms with van der Waals surface area (Å²) >= 11 is 0. The van der Waals surface area contributed by atoms with Crippen LogP contribution in [0.2, 0.25) is 0 Å². The van der Waals surface area contributed by atoms with Crippen LogP contribution in [-0.4, -0.2) is 60.0 Å². The topological polar surface area (TPSA) is 47.5 Å². The first-order valence-electron chi connectivity index (χ1n) is 11.5. The Hall–Kier alpha value is -2.84. The van der Waals surface area contributed by atoms with E-state index in [1.54, 1.807) is 12.3 Å². The van der Waals surface area contributed by atoms with Crippen molar-refractivity contribution in [3.05, 3.63) is 53.2 Å². The molecule has 3 aliphatic heterocycles. The summed E-state index contributed by atoms with van der Waals surface area (Å²) in [7, 11) is 4.24. The van der Waals surface area contributed by atoms with Crippen LogP contribution in [0, 0.1) is 5.41 Å². The number of rotatable bonds is 4. The molecule has 4 heterocycles. The van der Waals surface area contributed by atoms with Gasteiger partial charge in [0.1, 0.15) is 0 Å². The van der Waals surface area contributed by atoms with Gasteiger partial charge in [0, 0.05) is 67.5 Å². The molecule has 8 heteroatoms. The first kappa shape index (κ1) is 20.7. The molecule has 0 radical (unpaired) electrons. The van der Waals surface area contributed by atoms with Crippen LogP contribution in [0.15, 0.2) is 36.5 Å². The summed E-state index contributed by atoms with van der Waals surface area (Å²) < 4.78 is 27.3. The summed E-state index contributed by atoms with van der Waals surface area (Å²) in [4.78, 5) is 16.1. The van der Waals surface area contributed by atoms with Gasteiger partial charge in [-0.15, -0.1) is 0 Å². The van der Waals surface area contributed by atoms with Crippen LogP contribution in [0.4, 0.5) is 26.1 Å². The van der Waals surface area contributed by atoms with Gasteiger partial charge in [0.2, 0.25) is 5.95 Å². The minimum absolute atomic E-state index is 0.0243. The average molecular weight is 451 g/mol. The molecule has 172 valence electrons. The predicted octanol–water partition coefficient (Wildman–Crippen LogP) is 4.40. The molecule has 33 heavy (non-hydrogen) atoms. The third-order valence-electron chi connectivity index (χ3n) is 7.27. The fourth-order valence-electron chi connectivity index (χ4n) is 5.85. The molecule has 6 nitrogen and oxygen atoms in total. The monoisotopic (exact) mass is 450 g/mol. The Bertz CT molecular complexity index is 1220. The molecule has 0 atom stereocenters. The van der Waals surface area contributed by atoms with E-state index in [4.69, 9.17) is 4.98 Å². The van der Waals surface area contributed by atoms with Gasteiger partial charge in [-0.2, -0.15) is 0 Å². The van der Waals surface area contributed by atoms with Crippen LogP contribution in [0.5, 0.6) is 0 Å². The van der Waals surface area contributed by atoms with Crippen molar-refractivity contribution in [2.75, 3.05) is 50.5 Å². The maximum Gasteiger partial charge on any atom is 0.263 e. The van der Waals surface area contributed by atoms with Crippen molar-refractivity contribution in [1.82, 2.24) is 19.8 Å². The Morgan fingerprint density at radius 1 is 1.00 bits per heavy atom. The van der Waals surface area contributed by atoms with Crippen molar-refractivity contribution in [3.63, 3.8) is 0 Å². The number of benzene rings is 2. The fraction of sp³-hybridized carbons (Fsp3) is 0.440. The summed E-state index contributed by atoms with van der Waals surface area (Å²) in [5.41, 5.74) is 5.39. The number of nitrogens with zero attached hydrogens (tertiary/aromatic N) is 5. The predicted molar refractivity (Wildman–Crippen MR) is 126 cm³/mol. The van der Waals surface area contributed by atoms with Gasteiger partial charge in [0.15, 0.2) is 0 Å². The molecule has 0 saturated carbocycles. The van der Waals surface area contributed by atoms with Crippen molar-refractivity contribution in [2.45, 2.75) is 25.9 Å². The largest absolute Gasteiger partial charge is 0.369 e. The highest BCUT2D eigenvalue weighted by Gasteiger charge is 2.46. The zero-order chi connectivity index (χ0) is 22.7. The van der Waals surface area contributed by atoms with Gasteiger partial charge in [0.25, 0.3) is 6.43 Å². The molecule has 6 rings (SSSR count). The Labute approximate surface area is 192 Å². The van der Waals surface area contributed by atoms with Crippen molar-refractivity contribution in [1.29, 1.82) is 0 Å². The van der Waals surface area contributed by atoms with Crippen molar-refractivity contribution >= 4 is 28.2 Å². The number of hydrogen-bond acceptors (Lipinski definition) is 6. The van der Waals surface area contributed by atoms with Crippen molar-refractivity contribution in [2.24, 2.45) is 5.41 Å². The zero-order valence-electron chi connectivity index (χ0n) is 19.0. The average Bonchev–Trinajstić information content (AvgIpc) is 3.35. The van der Waals surface area contributed by atoms with Crippen molar-refractivity contribution in [3.8, 4) is 0 Å². The molecule has 0 amide bonds. The van der Waals surface area contributed by atoms with E-state index in [9.17, 15) is 8.78 Å². The molecule has 2 fully saturated rings. The van der Waals surface area contributed by atoms with Gasteiger partial charge in [-0.1, -0.05) is 6.07 Å². The van der Waals surface area contributed by atoms with E-state index in [0.717, 1.165) is 62.6 Å². The minimum atomic E-state index is -2.53. The molecular formula is C25H28F2N6. The normalized spacial score (nSPS) is 20.1. The van der Waals surface area contributed by atoms with Crippen LogP contribution in [0.25, 0.3) is 10.9 Å². The molecule has 3 aromatic rings. The highest BCUT2D eigenvalue weighted by molar-refractivity contribution is 5.92. The number of aromatic nitrogens is 2. The summed E-state index contributed by atoms with van der Waals surface area (Å²) in [5, 5.41) is 3.97. The highest BCUT2D eigenvalue weighted by atomic mass is 19.3. The van der Waals surface area contributed by atoms with E-state index in [0.29, 0.717) is 11.3 Å². The Kier molecular flexibility index (Phi) is 4.78. The van der Waals surface area contributed by atoms with Crippen LogP contribution in [-0.2, 0) is 13.1 Å². The number of anilines is 3. The van der Waals surface area contributed by atoms with Crippen LogP contribution < -0.4 is 10.2 Å². The van der Waals surface area contributed by atoms with E-state index in [1.807, 2.05) is 6.07 Å². The number of fused-ring (bicyclic) bond motifs is 2. The number of nitrogens with one attached hydrogen (secondary N) is 1. The van der Waals surface area contributed by atoms with E-state index < -0.39 is 6.43 Å². The third-order valence-corrected chi connectivity index (χ3v) is 7.27. The maximum absolute atomic E-state index is 13.7. The van der Waals surface area contributed by atoms with Gasteiger partial charge in [-0.3, -0.25) is 4.90 Å². The number of alkyl halides is 2. The summed E-state index contributed by atoms with van der Waals surface area (Å²) in [5.74, 6) is 0.483. The molecule has 3 aliphatic rings. The van der Waals surface area contributed by atoms with Gasteiger partial charge in [-0.05, 0) is 55.9 Å². The van der Waals surface area contributed by atoms with Crippen LogP contribution in [0.3, 0.4) is 0 Å².